The van der Waals surface area contributed by atoms with Gasteiger partial charge < -0.3 is 20.2 Å². The predicted molar refractivity (Wildman–Crippen MR) is 174 cm³/mol. The Bertz CT molecular complexity index is 1660. The summed E-state index contributed by atoms with van der Waals surface area (Å²) < 4.78 is 3.18. The van der Waals surface area contributed by atoms with E-state index in [1.54, 1.807) is 23.1 Å². The monoisotopic (exact) mass is 641 g/mol. The van der Waals surface area contributed by atoms with Crippen LogP contribution in [-0.2, 0) is 22.7 Å². The smallest absolute Gasteiger partial charge is 0.307 e. The lowest BCUT2D eigenvalue weighted by Gasteiger charge is -2.23. The molecule has 0 aliphatic carbocycles. The Hall–Kier alpha value is -3.24. The van der Waals surface area contributed by atoms with Gasteiger partial charge in [-0.15, -0.1) is 0 Å². The predicted octanol–water partition coefficient (Wildman–Crippen LogP) is 7.04. The van der Waals surface area contributed by atoms with Crippen molar-refractivity contribution in [1.82, 2.24) is 5.32 Å². The summed E-state index contributed by atoms with van der Waals surface area (Å²) in [5.41, 5.74) is 3.76. The fourth-order valence-corrected chi connectivity index (χ4v) is 7.55. The molecule has 7 nitrogen and oxygen atoms in total. The number of aromatic nitrogens is 1. The van der Waals surface area contributed by atoms with Gasteiger partial charge in [0.1, 0.15) is 4.70 Å². The number of halogens is 2. The van der Waals surface area contributed by atoms with Crippen molar-refractivity contribution in [2.75, 3.05) is 29.4 Å². The van der Waals surface area contributed by atoms with Crippen LogP contribution < -0.4 is 19.7 Å². The third-order valence-corrected chi connectivity index (χ3v) is 9.72. The molecule has 0 saturated heterocycles. The summed E-state index contributed by atoms with van der Waals surface area (Å²) in [6, 6.07) is 19.2. The van der Waals surface area contributed by atoms with Crippen LogP contribution in [-0.4, -0.2) is 36.6 Å². The molecule has 0 spiro atoms. The van der Waals surface area contributed by atoms with Gasteiger partial charge in [0.05, 0.1) is 23.2 Å². The Morgan fingerprint density at radius 2 is 1.79 bits per heavy atom. The Balaban J connectivity index is 1.31. The van der Waals surface area contributed by atoms with E-state index in [2.05, 4.69) is 38.7 Å². The minimum absolute atomic E-state index is 0.00985. The van der Waals surface area contributed by atoms with Crippen LogP contribution in [0.5, 0.6) is 0 Å². The number of carboxylic acids is 1. The second-order valence-corrected chi connectivity index (χ2v) is 12.7. The largest absolute Gasteiger partial charge is 0.481 e. The van der Waals surface area contributed by atoms with E-state index in [0.717, 1.165) is 55.2 Å². The average Bonchev–Trinajstić information content (AvgIpc) is 3.48. The lowest BCUT2D eigenvalue weighted by atomic mass is 10.1. The number of rotatable bonds is 11. The number of nitrogens with one attached hydrogen (secondary N) is 1. The second-order valence-electron chi connectivity index (χ2n) is 9.75. The second kappa shape index (κ2) is 13.4. The number of carbonyl (C=O) groups is 2. The van der Waals surface area contributed by atoms with E-state index in [1.807, 2.05) is 61.5 Å². The number of thioether (sulfide) groups is 1. The van der Waals surface area contributed by atoms with Gasteiger partial charge in [-0.1, -0.05) is 58.4 Å². The van der Waals surface area contributed by atoms with Crippen LogP contribution in [0.3, 0.4) is 0 Å². The zero-order chi connectivity index (χ0) is 29.8. The molecule has 2 heterocycles. The Labute approximate surface area is 263 Å². The van der Waals surface area contributed by atoms with Crippen LogP contribution in [0.2, 0.25) is 10.0 Å². The Kier molecular flexibility index (Phi) is 9.63. The van der Waals surface area contributed by atoms with Crippen molar-refractivity contribution < 1.29 is 19.3 Å². The highest BCUT2D eigenvalue weighted by Gasteiger charge is 2.27. The minimum Gasteiger partial charge on any atom is -0.481 e. The summed E-state index contributed by atoms with van der Waals surface area (Å²) in [4.78, 5) is 29.5. The fraction of sp³-hybridized carbons (Fsp3) is 0.258. The third kappa shape index (κ3) is 6.86. The van der Waals surface area contributed by atoms with Crippen molar-refractivity contribution in [3.63, 3.8) is 0 Å². The zero-order valence-corrected chi connectivity index (χ0v) is 26.4. The van der Waals surface area contributed by atoms with E-state index in [1.165, 1.54) is 0 Å². The number of amides is 1. The van der Waals surface area contributed by atoms with Gasteiger partial charge in [-0.2, -0.15) is 4.57 Å². The molecular formula is C31H31Cl2N4O3S2+. The van der Waals surface area contributed by atoms with Crippen molar-refractivity contribution in [3.05, 3.63) is 86.3 Å². The summed E-state index contributed by atoms with van der Waals surface area (Å²) in [6.07, 6.45) is 2.48. The molecule has 4 aromatic rings. The van der Waals surface area contributed by atoms with Crippen LogP contribution in [0.4, 0.5) is 11.4 Å². The molecule has 2 N–H and O–H groups in total. The SMILES string of the molecule is CCN(CCC(=O)NC[n+]1c(/C=C2\Sc3ccc(Cl)cc3N2CC)sc2ccc(Cl)cc21)c1ccc(CC(=O)O)cc1. The number of carbonyl (C=O) groups excluding carboxylic acids is 1. The van der Waals surface area contributed by atoms with E-state index in [4.69, 9.17) is 28.3 Å². The van der Waals surface area contributed by atoms with Crippen LogP contribution in [0, 0.1) is 0 Å². The maximum atomic E-state index is 13.0. The summed E-state index contributed by atoms with van der Waals surface area (Å²) in [7, 11) is 0. The molecule has 11 heteroatoms. The number of anilines is 2. The standard InChI is InChI=1S/C31H30Cl2N4O3S2/c1-3-35(23-9-5-20(6-10-23)15-31(39)40)14-13-28(38)34-19-37-25-17-22(33)8-12-27(25)42-30(37)18-29-36(4-2)24-16-21(32)7-11-26(24)41-29/h5-12,16-18H,3-4,13-15,19H2,1-2H3,(H-,34,38,39,40)/p+1. The van der Waals surface area contributed by atoms with Gasteiger partial charge in [0.2, 0.25) is 18.1 Å². The minimum atomic E-state index is -0.857. The summed E-state index contributed by atoms with van der Waals surface area (Å²) in [5, 5.41) is 15.6. The molecule has 0 bridgehead atoms. The van der Waals surface area contributed by atoms with E-state index < -0.39 is 5.97 Å². The number of nitrogens with zero attached hydrogens (tertiary/aromatic N) is 3. The van der Waals surface area contributed by atoms with E-state index >= 15 is 0 Å². The molecule has 1 aromatic heterocycles. The van der Waals surface area contributed by atoms with Gasteiger partial charge in [-0.05, 0) is 61.9 Å². The van der Waals surface area contributed by atoms with Gasteiger partial charge in [0, 0.05) is 52.7 Å². The van der Waals surface area contributed by atoms with Crippen LogP contribution in [0.25, 0.3) is 16.3 Å². The zero-order valence-electron chi connectivity index (χ0n) is 23.3. The molecule has 0 fully saturated rings. The molecule has 42 heavy (non-hydrogen) atoms. The first-order valence-electron chi connectivity index (χ1n) is 13.7. The number of thiazole rings is 1. The number of hydrogen-bond donors (Lipinski definition) is 2. The quantitative estimate of drug-likeness (QED) is 0.171. The number of aliphatic carboxylic acids is 1. The molecule has 0 unspecified atom stereocenters. The molecule has 5 rings (SSSR count). The Morgan fingerprint density at radius 3 is 2.50 bits per heavy atom. The van der Waals surface area contributed by atoms with Crippen molar-refractivity contribution in [1.29, 1.82) is 0 Å². The molecule has 218 valence electrons. The molecule has 3 aromatic carbocycles. The molecule has 1 amide bonds. The number of carboxylic acid groups (broad SMARTS) is 1. The van der Waals surface area contributed by atoms with Gasteiger partial charge in [0.15, 0.2) is 0 Å². The van der Waals surface area contributed by atoms with Crippen LogP contribution >= 0.6 is 46.3 Å². The number of hydrogen-bond acceptors (Lipinski definition) is 6. The topological polar surface area (TPSA) is 76.8 Å². The van der Waals surface area contributed by atoms with Crippen LogP contribution in [0.1, 0.15) is 30.8 Å². The lowest BCUT2D eigenvalue weighted by Crippen LogP contribution is -2.45. The number of fused-ring (bicyclic) bond motifs is 2. The van der Waals surface area contributed by atoms with Gasteiger partial charge >= 0.3 is 5.97 Å². The van der Waals surface area contributed by atoms with Gasteiger partial charge in [-0.25, -0.2) is 0 Å². The maximum Gasteiger partial charge on any atom is 0.307 e. The first kappa shape index (κ1) is 30.2. The molecular weight excluding hydrogens is 611 g/mol. The normalized spacial score (nSPS) is 13.5. The van der Waals surface area contributed by atoms with Crippen molar-refractivity contribution in [3.8, 4) is 0 Å². The first-order valence-corrected chi connectivity index (χ1v) is 16.1. The summed E-state index contributed by atoms with van der Waals surface area (Å²) >= 11 is 16.0. The third-order valence-electron chi connectivity index (χ3n) is 7.03. The maximum absolute atomic E-state index is 13.0. The molecule has 0 saturated carbocycles. The van der Waals surface area contributed by atoms with Crippen molar-refractivity contribution in [2.45, 2.75) is 38.3 Å². The van der Waals surface area contributed by atoms with E-state index in [0.29, 0.717) is 29.7 Å². The van der Waals surface area contributed by atoms with Gasteiger partial charge in [0.25, 0.3) is 5.01 Å². The lowest BCUT2D eigenvalue weighted by molar-refractivity contribution is -0.672. The summed E-state index contributed by atoms with van der Waals surface area (Å²) in [5.74, 6) is -0.916. The van der Waals surface area contributed by atoms with Gasteiger partial charge in [-0.3, -0.25) is 9.59 Å². The highest BCUT2D eigenvalue weighted by atomic mass is 35.5. The van der Waals surface area contributed by atoms with Crippen molar-refractivity contribution in [2.24, 2.45) is 0 Å². The first-order chi connectivity index (χ1) is 20.2. The summed E-state index contributed by atoms with van der Waals surface area (Å²) in [6.45, 7) is 6.53. The highest BCUT2D eigenvalue weighted by molar-refractivity contribution is 8.03. The molecule has 1 aliphatic rings. The average molecular weight is 643 g/mol. The van der Waals surface area contributed by atoms with Crippen LogP contribution in [0.15, 0.2) is 70.6 Å². The van der Waals surface area contributed by atoms with E-state index in [-0.39, 0.29) is 12.3 Å². The Morgan fingerprint density at radius 1 is 1.05 bits per heavy atom. The molecule has 0 radical (unpaired) electrons. The number of benzene rings is 3. The molecule has 1 aliphatic heterocycles. The molecule has 0 atom stereocenters. The van der Waals surface area contributed by atoms with E-state index in [9.17, 15) is 9.59 Å². The van der Waals surface area contributed by atoms with Crippen molar-refractivity contribution >= 4 is 85.8 Å². The fourth-order valence-electron chi connectivity index (χ4n) is 4.92. The highest BCUT2D eigenvalue weighted by Crippen LogP contribution is 2.47.